The lowest BCUT2D eigenvalue weighted by molar-refractivity contribution is -0.137. The Morgan fingerprint density at radius 2 is 1.67 bits per heavy atom. The maximum absolute atomic E-state index is 13.0. The highest BCUT2D eigenvalue weighted by molar-refractivity contribution is 6.31. The third-order valence-corrected chi connectivity index (χ3v) is 3.08. The molecular formula is C14H9ClF5N. The van der Waals surface area contributed by atoms with Gasteiger partial charge in [0.05, 0.1) is 10.6 Å². The molecule has 0 heterocycles. The van der Waals surface area contributed by atoms with Gasteiger partial charge < -0.3 is 5.32 Å². The fraction of sp³-hybridized carbons (Fsp3) is 0.143. The van der Waals surface area contributed by atoms with Gasteiger partial charge in [-0.15, -0.1) is 0 Å². The van der Waals surface area contributed by atoms with Crippen molar-refractivity contribution < 1.29 is 22.0 Å². The molecular weight excluding hydrogens is 313 g/mol. The first-order chi connectivity index (χ1) is 9.77. The van der Waals surface area contributed by atoms with Gasteiger partial charge in [0.25, 0.3) is 0 Å². The van der Waals surface area contributed by atoms with Crippen molar-refractivity contribution in [2.45, 2.75) is 12.7 Å². The topological polar surface area (TPSA) is 12.0 Å². The number of alkyl halides is 3. The van der Waals surface area contributed by atoms with Crippen molar-refractivity contribution in [3.63, 3.8) is 0 Å². The second kappa shape index (κ2) is 5.89. The van der Waals surface area contributed by atoms with E-state index in [4.69, 9.17) is 11.6 Å². The minimum Gasteiger partial charge on any atom is -0.381 e. The van der Waals surface area contributed by atoms with Crippen LogP contribution in [-0.4, -0.2) is 0 Å². The van der Waals surface area contributed by atoms with E-state index in [2.05, 4.69) is 5.32 Å². The zero-order valence-electron chi connectivity index (χ0n) is 10.4. The number of rotatable bonds is 3. The molecule has 1 N–H and O–H groups in total. The number of halogens is 6. The van der Waals surface area contributed by atoms with Gasteiger partial charge in [-0.2, -0.15) is 13.2 Å². The third kappa shape index (κ3) is 3.85. The first-order valence-corrected chi connectivity index (χ1v) is 6.20. The number of nitrogens with one attached hydrogen (secondary N) is 1. The summed E-state index contributed by atoms with van der Waals surface area (Å²) < 4.78 is 63.8. The predicted molar refractivity (Wildman–Crippen MR) is 70.1 cm³/mol. The molecule has 0 aromatic heterocycles. The van der Waals surface area contributed by atoms with E-state index in [1.807, 2.05) is 0 Å². The maximum atomic E-state index is 13.0. The Bertz CT molecular complexity index is 654. The lowest BCUT2D eigenvalue weighted by atomic mass is 10.1. The van der Waals surface area contributed by atoms with Crippen molar-refractivity contribution >= 4 is 17.3 Å². The standard InChI is InChI=1S/C14H9ClF5N/c15-11-3-2-9(6-10(11)14(18,19)20)21-7-8-1-4-12(16)13(17)5-8/h1-6,21H,7H2. The van der Waals surface area contributed by atoms with Crippen LogP contribution in [0.1, 0.15) is 11.1 Å². The number of benzene rings is 2. The van der Waals surface area contributed by atoms with Crippen LogP contribution in [0.5, 0.6) is 0 Å². The summed E-state index contributed by atoms with van der Waals surface area (Å²) >= 11 is 5.50. The van der Waals surface area contributed by atoms with Gasteiger partial charge in [0, 0.05) is 12.2 Å². The highest BCUT2D eigenvalue weighted by Crippen LogP contribution is 2.36. The summed E-state index contributed by atoms with van der Waals surface area (Å²) in [4.78, 5) is 0. The molecule has 0 atom stereocenters. The van der Waals surface area contributed by atoms with Gasteiger partial charge in [-0.25, -0.2) is 8.78 Å². The Kier molecular flexibility index (Phi) is 4.37. The van der Waals surface area contributed by atoms with E-state index in [9.17, 15) is 22.0 Å². The van der Waals surface area contributed by atoms with E-state index in [1.54, 1.807) is 0 Å². The molecule has 7 heteroatoms. The second-order valence-electron chi connectivity index (χ2n) is 4.29. The number of hydrogen-bond donors (Lipinski definition) is 1. The zero-order valence-corrected chi connectivity index (χ0v) is 11.2. The SMILES string of the molecule is Fc1ccc(CNc2ccc(Cl)c(C(F)(F)F)c2)cc1F. The molecule has 0 spiro atoms. The Morgan fingerprint density at radius 3 is 2.29 bits per heavy atom. The largest absolute Gasteiger partial charge is 0.417 e. The summed E-state index contributed by atoms with van der Waals surface area (Å²) in [5.74, 6) is -1.99. The highest BCUT2D eigenvalue weighted by atomic mass is 35.5. The molecule has 0 saturated heterocycles. The van der Waals surface area contributed by atoms with Crippen molar-refractivity contribution in [2.24, 2.45) is 0 Å². The molecule has 2 aromatic rings. The summed E-state index contributed by atoms with van der Waals surface area (Å²) in [7, 11) is 0. The van der Waals surface area contributed by atoms with Crippen molar-refractivity contribution in [3.05, 3.63) is 64.2 Å². The Balaban J connectivity index is 2.15. The van der Waals surface area contributed by atoms with E-state index in [0.717, 1.165) is 24.3 Å². The normalized spacial score (nSPS) is 11.5. The van der Waals surface area contributed by atoms with Gasteiger partial charge in [-0.3, -0.25) is 0 Å². The first-order valence-electron chi connectivity index (χ1n) is 5.82. The smallest absolute Gasteiger partial charge is 0.381 e. The van der Waals surface area contributed by atoms with Crippen molar-refractivity contribution in [1.82, 2.24) is 0 Å². The molecule has 0 aliphatic carbocycles. The van der Waals surface area contributed by atoms with Crippen molar-refractivity contribution in [1.29, 1.82) is 0 Å². The van der Waals surface area contributed by atoms with Crippen LogP contribution in [0.3, 0.4) is 0 Å². The van der Waals surface area contributed by atoms with Gasteiger partial charge in [-0.05, 0) is 35.9 Å². The first kappa shape index (κ1) is 15.6. The minimum atomic E-state index is -4.56. The van der Waals surface area contributed by atoms with E-state index < -0.39 is 28.4 Å². The van der Waals surface area contributed by atoms with Gasteiger partial charge in [0.2, 0.25) is 0 Å². The predicted octanol–water partition coefficient (Wildman–Crippen LogP) is 5.25. The number of anilines is 1. The van der Waals surface area contributed by atoms with E-state index in [0.29, 0.717) is 5.56 Å². The molecule has 0 radical (unpaired) electrons. The number of hydrogen-bond acceptors (Lipinski definition) is 1. The Morgan fingerprint density at radius 1 is 0.952 bits per heavy atom. The molecule has 0 fully saturated rings. The van der Waals surface area contributed by atoms with Gasteiger partial charge in [0.15, 0.2) is 11.6 Å². The maximum Gasteiger partial charge on any atom is 0.417 e. The van der Waals surface area contributed by atoms with Crippen molar-refractivity contribution in [3.8, 4) is 0 Å². The van der Waals surface area contributed by atoms with Crippen LogP contribution >= 0.6 is 11.6 Å². The molecule has 0 amide bonds. The van der Waals surface area contributed by atoms with E-state index in [-0.39, 0.29) is 12.2 Å². The quantitative estimate of drug-likeness (QED) is 0.761. The fourth-order valence-corrected chi connectivity index (χ4v) is 1.93. The molecule has 0 saturated carbocycles. The summed E-state index contributed by atoms with van der Waals surface area (Å²) in [5.41, 5.74) is -0.381. The van der Waals surface area contributed by atoms with Crippen LogP contribution in [-0.2, 0) is 12.7 Å². The molecule has 0 bridgehead atoms. The Labute approximate surface area is 122 Å². The third-order valence-electron chi connectivity index (χ3n) is 2.75. The zero-order chi connectivity index (χ0) is 15.6. The van der Waals surface area contributed by atoms with Crippen molar-refractivity contribution in [2.75, 3.05) is 5.32 Å². The molecule has 0 aliphatic heterocycles. The lowest BCUT2D eigenvalue weighted by Gasteiger charge is -2.12. The second-order valence-corrected chi connectivity index (χ2v) is 4.70. The van der Waals surface area contributed by atoms with Crippen LogP contribution in [0.4, 0.5) is 27.6 Å². The van der Waals surface area contributed by atoms with Crippen LogP contribution in [0, 0.1) is 11.6 Å². The Hall–Kier alpha value is -1.82. The summed E-state index contributed by atoms with van der Waals surface area (Å²) in [6.45, 7) is 0.0517. The molecule has 0 unspecified atom stereocenters. The average molecular weight is 322 g/mol. The average Bonchev–Trinajstić information content (AvgIpc) is 2.40. The summed E-state index contributed by atoms with van der Waals surface area (Å²) in [5, 5.41) is 2.30. The summed E-state index contributed by atoms with van der Waals surface area (Å²) in [6, 6.07) is 6.63. The summed E-state index contributed by atoms with van der Waals surface area (Å²) in [6.07, 6.45) is -4.56. The van der Waals surface area contributed by atoms with Crippen LogP contribution < -0.4 is 5.32 Å². The van der Waals surface area contributed by atoms with Crippen LogP contribution in [0.15, 0.2) is 36.4 Å². The van der Waals surface area contributed by atoms with Gasteiger partial charge >= 0.3 is 6.18 Å². The molecule has 112 valence electrons. The minimum absolute atomic E-state index is 0.0517. The lowest BCUT2D eigenvalue weighted by Crippen LogP contribution is -2.07. The van der Waals surface area contributed by atoms with E-state index in [1.165, 1.54) is 12.1 Å². The van der Waals surface area contributed by atoms with Gasteiger partial charge in [-0.1, -0.05) is 17.7 Å². The molecule has 21 heavy (non-hydrogen) atoms. The fourth-order valence-electron chi connectivity index (χ4n) is 1.71. The van der Waals surface area contributed by atoms with Gasteiger partial charge in [0.1, 0.15) is 0 Å². The molecule has 0 aliphatic rings. The highest BCUT2D eigenvalue weighted by Gasteiger charge is 2.33. The monoisotopic (exact) mass is 321 g/mol. The van der Waals surface area contributed by atoms with E-state index >= 15 is 0 Å². The van der Waals surface area contributed by atoms with Crippen LogP contribution in [0.2, 0.25) is 5.02 Å². The molecule has 2 rings (SSSR count). The van der Waals surface area contributed by atoms with Crippen LogP contribution in [0.25, 0.3) is 0 Å². The molecule has 1 nitrogen and oxygen atoms in total. The molecule has 2 aromatic carbocycles.